The third-order valence-corrected chi connectivity index (χ3v) is 3.02. The zero-order valence-electron chi connectivity index (χ0n) is 11.0. The van der Waals surface area contributed by atoms with Crippen LogP contribution in [0.2, 0.25) is 0 Å². The molecule has 1 fully saturated rings. The average molecular weight is 273 g/mol. The van der Waals surface area contributed by atoms with Gasteiger partial charge < -0.3 is 25.8 Å². The summed E-state index contributed by atoms with van der Waals surface area (Å²) in [6, 6.07) is -1.55. The molecule has 0 aliphatic carbocycles. The van der Waals surface area contributed by atoms with Crippen molar-refractivity contribution in [2.45, 2.75) is 19.9 Å². The van der Waals surface area contributed by atoms with E-state index in [0.717, 1.165) is 0 Å². The molecule has 1 atom stereocenters. The number of carboxylic acids is 1. The molecule has 0 aromatic heterocycles. The number of nitrogens with two attached hydrogens (primary N) is 1. The minimum Gasteiger partial charge on any atom is -0.480 e. The van der Waals surface area contributed by atoms with Crippen molar-refractivity contribution in [3.8, 4) is 0 Å². The molecule has 19 heavy (non-hydrogen) atoms. The van der Waals surface area contributed by atoms with Gasteiger partial charge in [0.1, 0.15) is 0 Å². The van der Waals surface area contributed by atoms with Crippen LogP contribution in [0.25, 0.3) is 0 Å². The van der Waals surface area contributed by atoms with Crippen molar-refractivity contribution < 1.29 is 24.2 Å². The average Bonchev–Trinajstić information content (AvgIpc) is 2.35. The lowest BCUT2D eigenvalue weighted by Gasteiger charge is -2.33. The quantitative estimate of drug-likeness (QED) is 0.606. The molecule has 0 spiro atoms. The zero-order valence-corrected chi connectivity index (χ0v) is 11.0. The predicted molar refractivity (Wildman–Crippen MR) is 65.3 cm³/mol. The van der Waals surface area contributed by atoms with Crippen molar-refractivity contribution in [1.82, 2.24) is 10.2 Å². The van der Waals surface area contributed by atoms with E-state index < -0.39 is 29.4 Å². The summed E-state index contributed by atoms with van der Waals surface area (Å²) < 4.78 is 5.03. The predicted octanol–water partition coefficient (Wildman–Crippen LogP) is -1.01. The number of primary amides is 1. The summed E-state index contributed by atoms with van der Waals surface area (Å²) >= 11 is 0. The number of nitrogens with zero attached hydrogens (tertiary/aromatic N) is 1. The molecule has 3 amide bonds. The van der Waals surface area contributed by atoms with Crippen LogP contribution in [0.1, 0.15) is 13.8 Å². The summed E-state index contributed by atoms with van der Waals surface area (Å²) in [6.45, 7) is 3.69. The van der Waals surface area contributed by atoms with Crippen LogP contribution in [-0.2, 0) is 14.3 Å². The lowest BCUT2D eigenvalue weighted by molar-refractivity contribution is -0.147. The summed E-state index contributed by atoms with van der Waals surface area (Å²) in [4.78, 5) is 35.2. The number of ether oxygens (including phenoxy) is 1. The van der Waals surface area contributed by atoms with Gasteiger partial charge in [-0.05, 0) is 13.8 Å². The largest absolute Gasteiger partial charge is 0.480 e. The monoisotopic (exact) mass is 273 g/mol. The SMILES string of the molecule is CC(C)(CNC(=O)N1CCOCC1C(=O)O)C(N)=O. The van der Waals surface area contributed by atoms with E-state index in [1.165, 1.54) is 4.90 Å². The van der Waals surface area contributed by atoms with Gasteiger partial charge in [-0.3, -0.25) is 4.79 Å². The maximum atomic E-state index is 11.9. The first kappa shape index (κ1) is 15.2. The molecular formula is C11H19N3O5. The first-order chi connectivity index (χ1) is 8.75. The third kappa shape index (κ3) is 3.82. The van der Waals surface area contributed by atoms with Crippen LogP contribution in [0.4, 0.5) is 4.79 Å². The second-order valence-corrected chi connectivity index (χ2v) is 5.03. The zero-order chi connectivity index (χ0) is 14.6. The fourth-order valence-corrected chi connectivity index (χ4v) is 1.54. The van der Waals surface area contributed by atoms with Gasteiger partial charge in [-0.25, -0.2) is 9.59 Å². The number of amides is 3. The van der Waals surface area contributed by atoms with E-state index >= 15 is 0 Å². The Balaban J connectivity index is 2.61. The summed E-state index contributed by atoms with van der Waals surface area (Å²) in [5.41, 5.74) is 4.30. The second-order valence-electron chi connectivity index (χ2n) is 5.03. The number of carbonyl (C=O) groups excluding carboxylic acids is 2. The van der Waals surface area contributed by atoms with Crippen LogP contribution in [0.15, 0.2) is 0 Å². The van der Waals surface area contributed by atoms with Crippen molar-refractivity contribution in [3.05, 3.63) is 0 Å². The molecule has 0 aromatic rings. The highest BCUT2D eigenvalue weighted by atomic mass is 16.5. The molecular weight excluding hydrogens is 254 g/mol. The minimum atomic E-state index is -1.12. The minimum absolute atomic E-state index is 0.0397. The molecule has 0 saturated carbocycles. The molecule has 108 valence electrons. The van der Waals surface area contributed by atoms with Gasteiger partial charge in [0, 0.05) is 13.1 Å². The molecule has 0 bridgehead atoms. The molecule has 1 rings (SSSR count). The summed E-state index contributed by atoms with van der Waals surface area (Å²) in [7, 11) is 0. The fraction of sp³-hybridized carbons (Fsp3) is 0.727. The molecule has 1 heterocycles. The van der Waals surface area contributed by atoms with Crippen LogP contribution >= 0.6 is 0 Å². The molecule has 0 aromatic carbocycles. The summed E-state index contributed by atoms with van der Waals surface area (Å²) in [6.07, 6.45) is 0. The van der Waals surface area contributed by atoms with Crippen LogP contribution in [0.5, 0.6) is 0 Å². The van der Waals surface area contributed by atoms with E-state index in [1.807, 2.05) is 0 Å². The molecule has 1 aliphatic heterocycles. The van der Waals surface area contributed by atoms with E-state index in [4.69, 9.17) is 15.6 Å². The normalized spacial score (nSPS) is 19.9. The Morgan fingerprint density at radius 1 is 1.47 bits per heavy atom. The van der Waals surface area contributed by atoms with Crippen LogP contribution in [-0.4, -0.2) is 60.3 Å². The third-order valence-electron chi connectivity index (χ3n) is 3.02. The summed E-state index contributed by atoms with van der Waals surface area (Å²) in [5, 5.41) is 11.5. The molecule has 1 unspecified atom stereocenters. The van der Waals surface area contributed by atoms with Crippen LogP contribution in [0, 0.1) is 5.41 Å². The van der Waals surface area contributed by atoms with Crippen molar-refractivity contribution in [2.24, 2.45) is 11.1 Å². The van der Waals surface area contributed by atoms with E-state index in [1.54, 1.807) is 13.8 Å². The maximum Gasteiger partial charge on any atom is 0.328 e. The van der Waals surface area contributed by atoms with Crippen molar-refractivity contribution in [1.29, 1.82) is 0 Å². The number of morpholine rings is 1. The molecule has 0 radical (unpaired) electrons. The van der Waals surface area contributed by atoms with E-state index in [-0.39, 0.29) is 26.3 Å². The van der Waals surface area contributed by atoms with E-state index in [9.17, 15) is 14.4 Å². The molecule has 4 N–H and O–H groups in total. The number of hydrogen-bond donors (Lipinski definition) is 3. The maximum absolute atomic E-state index is 11.9. The first-order valence-electron chi connectivity index (χ1n) is 5.90. The van der Waals surface area contributed by atoms with Crippen molar-refractivity contribution in [3.63, 3.8) is 0 Å². The second kappa shape index (κ2) is 5.87. The number of carboxylic acid groups (broad SMARTS) is 1. The number of carbonyl (C=O) groups is 3. The highest BCUT2D eigenvalue weighted by molar-refractivity contribution is 5.84. The standard InChI is InChI=1S/C11H19N3O5/c1-11(2,9(12)17)6-13-10(18)14-3-4-19-5-7(14)8(15)16/h7H,3-6H2,1-2H3,(H2,12,17)(H,13,18)(H,15,16). The molecule has 1 saturated heterocycles. The first-order valence-corrected chi connectivity index (χ1v) is 5.90. The lowest BCUT2D eigenvalue weighted by Crippen LogP contribution is -2.57. The Kier molecular flexibility index (Phi) is 4.71. The topological polar surface area (TPSA) is 122 Å². The lowest BCUT2D eigenvalue weighted by atomic mass is 9.93. The van der Waals surface area contributed by atoms with Gasteiger partial charge in [0.25, 0.3) is 0 Å². The van der Waals surface area contributed by atoms with Crippen LogP contribution in [0.3, 0.4) is 0 Å². The highest BCUT2D eigenvalue weighted by Crippen LogP contribution is 2.13. The van der Waals surface area contributed by atoms with E-state index in [2.05, 4.69) is 5.32 Å². The van der Waals surface area contributed by atoms with Gasteiger partial charge in [-0.1, -0.05) is 0 Å². The molecule has 8 heteroatoms. The van der Waals surface area contributed by atoms with Gasteiger partial charge >= 0.3 is 12.0 Å². The Morgan fingerprint density at radius 3 is 2.63 bits per heavy atom. The van der Waals surface area contributed by atoms with Gasteiger partial charge in [0.15, 0.2) is 6.04 Å². The number of aliphatic carboxylic acids is 1. The smallest absolute Gasteiger partial charge is 0.328 e. The fourth-order valence-electron chi connectivity index (χ4n) is 1.54. The van der Waals surface area contributed by atoms with Crippen LogP contribution < -0.4 is 11.1 Å². The van der Waals surface area contributed by atoms with E-state index in [0.29, 0.717) is 0 Å². The summed E-state index contributed by atoms with van der Waals surface area (Å²) in [5.74, 6) is -1.66. The number of nitrogens with one attached hydrogen (secondary N) is 1. The van der Waals surface area contributed by atoms with Gasteiger partial charge in [-0.15, -0.1) is 0 Å². The van der Waals surface area contributed by atoms with Crippen molar-refractivity contribution >= 4 is 17.9 Å². The number of rotatable bonds is 4. The Bertz CT molecular complexity index is 383. The number of hydrogen-bond acceptors (Lipinski definition) is 4. The Labute approximate surface area is 110 Å². The molecule has 1 aliphatic rings. The Hall–Kier alpha value is -1.83. The number of urea groups is 1. The molecule has 8 nitrogen and oxygen atoms in total. The van der Waals surface area contributed by atoms with Gasteiger partial charge in [0.05, 0.1) is 18.6 Å². The van der Waals surface area contributed by atoms with Gasteiger partial charge in [-0.2, -0.15) is 0 Å². The highest BCUT2D eigenvalue weighted by Gasteiger charge is 2.34. The van der Waals surface area contributed by atoms with Gasteiger partial charge in [0.2, 0.25) is 5.91 Å². The van der Waals surface area contributed by atoms with Crippen molar-refractivity contribution in [2.75, 3.05) is 26.3 Å². The Morgan fingerprint density at radius 2 is 2.11 bits per heavy atom.